The maximum absolute atomic E-state index is 12.5. The Morgan fingerprint density at radius 1 is 1.14 bits per heavy atom. The molecule has 1 saturated carbocycles. The Bertz CT molecular complexity index is 1120. The average molecular weight is 412 g/mol. The predicted octanol–water partition coefficient (Wildman–Crippen LogP) is 1.77. The zero-order chi connectivity index (χ0) is 20.4. The number of hydrazine groups is 1. The summed E-state index contributed by atoms with van der Waals surface area (Å²) in [6.45, 7) is 1.78. The molecule has 0 spiro atoms. The number of nitrogens with one attached hydrogen (secondary N) is 3. The molecule has 2 heterocycles. The highest BCUT2D eigenvalue weighted by molar-refractivity contribution is 7.89. The van der Waals surface area contributed by atoms with E-state index in [0.29, 0.717) is 22.8 Å². The van der Waals surface area contributed by atoms with Gasteiger partial charge in [0.25, 0.3) is 5.91 Å². The summed E-state index contributed by atoms with van der Waals surface area (Å²) in [4.78, 5) is 16.9. The van der Waals surface area contributed by atoms with E-state index >= 15 is 0 Å². The molecule has 1 amide bonds. The number of carbonyl (C=O) groups excluding carboxylic acids is 1. The molecule has 4 rings (SSSR count). The van der Waals surface area contributed by atoms with E-state index in [0.717, 1.165) is 12.8 Å². The van der Waals surface area contributed by atoms with Crippen LogP contribution in [0.5, 0.6) is 0 Å². The first-order valence-electron chi connectivity index (χ1n) is 9.09. The fourth-order valence-corrected chi connectivity index (χ4v) is 4.05. The number of benzene rings is 1. The van der Waals surface area contributed by atoms with Crippen molar-refractivity contribution in [3.8, 4) is 5.82 Å². The van der Waals surface area contributed by atoms with Gasteiger partial charge in [0.05, 0.1) is 28.0 Å². The molecule has 1 aliphatic carbocycles. The second-order valence-electron chi connectivity index (χ2n) is 6.74. The number of hydrogen-bond donors (Lipinski definition) is 3. The van der Waals surface area contributed by atoms with Gasteiger partial charge in [0.2, 0.25) is 10.0 Å². The van der Waals surface area contributed by atoms with E-state index in [4.69, 9.17) is 0 Å². The largest absolute Gasteiger partial charge is 0.298 e. The van der Waals surface area contributed by atoms with Crippen molar-refractivity contribution in [2.75, 3.05) is 5.43 Å². The van der Waals surface area contributed by atoms with Crippen LogP contribution in [0, 0.1) is 6.92 Å². The SMILES string of the molecule is Cc1c(C(=O)NNc2ccc(S(=O)(=O)NC3CC3)cc2)cnn1-c1ccccn1. The molecule has 0 saturated heterocycles. The summed E-state index contributed by atoms with van der Waals surface area (Å²) < 4.78 is 28.6. The van der Waals surface area contributed by atoms with Gasteiger partial charge in [-0.3, -0.25) is 15.6 Å². The van der Waals surface area contributed by atoms with Crippen LogP contribution in [0.2, 0.25) is 0 Å². The molecule has 1 aliphatic rings. The molecule has 1 aromatic carbocycles. The monoisotopic (exact) mass is 412 g/mol. The van der Waals surface area contributed by atoms with Gasteiger partial charge < -0.3 is 0 Å². The summed E-state index contributed by atoms with van der Waals surface area (Å²) >= 11 is 0. The van der Waals surface area contributed by atoms with Crippen LogP contribution in [-0.2, 0) is 10.0 Å². The van der Waals surface area contributed by atoms with E-state index in [1.54, 1.807) is 42.1 Å². The van der Waals surface area contributed by atoms with Crippen LogP contribution in [0.4, 0.5) is 5.69 Å². The number of sulfonamides is 1. The van der Waals surface area contributed by atoms with Crippen LogP contribution >= 0.6 is 0 Å². The van der Waals surface area contributed by atoms with E-state index in [1.165, 1.54) is 18.3 Å². The number of nitrogens with zero attached hydrogens (tertiary/aromatic N) is 3. The van der Waals surface area contributed by atoms with Gasteiger partial charge in [-0.15, -0.1) is 0 Å². The maximum Gasteiger partial charge on any atom is 0.273 e. The Labute approximate surface area is 168 Å². The molecular weight excluding hydrogens is 392 g/mol. The fourth-order valence-electron chi connectivity index (χ4n) is 2.74. The third-order valence-electron chi connectivity index (χ3n) is 4.50. The van der Waals surface area contributed by atoms with Gasteiger partial charge in [-0.1, -0.05) is 6.07 Å². The third kappa shape index (κ3) is 4.28. The molecule has 3 N–H and O–H groups in total. The van der Waals surface area contributed by atoms with Crippen LogP contribution in [0.3, 0.4) is 0 Å². The normalized spacial score (nSPS) is 13.8. The molecule has 1 fully saturated rings. The summed E-state index contributed by atoms with van der Waals surface area (Å²) in [6.07, 6.45) is 4.88. The molecular formula is C19H20N6O3S. The fraction of sp³-hybridized carbons (Fsp3) is 0.211. The standard InChI is InChI=1S/C19H20N6O3S/c1-13-17(12-21-25(13)18-4-2-3-11-20-18)19(26)23-22-14-7-9-16(10-8-14)29(27,28)24-15-5-6-15/h2-4,7-12,15,22,24H,5-6H2,1H3,(H,23,26). The van der Waals surface area contributed by atoms with Crippen molar-refractivity contribution in [1.82, 2.24) is 24.9 Å². The van der Waals surface area contributed by atoms with Crippen molar-refractivity contribution in [3.63, 3.8) is 0 Å². The van der Waals surface area contributed by atoms with Gasteiger partial charge in [0.15, 0.2) is 5.82 Å². The van der Waals surface area contributed by atoms with Crippen LogP contribution in [0.15, 0.2) is 59.8 Å². The van der Waals surface area contributed by atoms with Crippen LogP contribution < -0.4 is 15.6 Å². The van der Waals surface area contributed by atoms with E-state index in [2.05, 4.69) is 25.7 Å². The van der Waals surface area contributed by atoms with E-state index < -0.39 is 10.0 Å². The second kappa shape index (κ2) is 7.64. The number of aromatic nitrogens is 3. The number of rotatable bonds is 7. The minimum absolute atomic E-state index is 0.0485. The number of hydrogen-bond acceptors (Lipinski definition) is 6. The molecule has 10 heteroatoms. The predicted molar refractivity (Wildman–Crippen MR) is 107 cm³/mol. The Balaban J connectivity index is 1.40. The van der Waals surface area contributed by atoms with Crippen LogP contribution in [-0.4, -0.2) is 35.1 Å². The van der Waals surface area contributed by atoms with Crippen molar-refractivity contribution in [3.05, 3.63) is 66.1 Å². The third-order valence-corrected chi connectivity index (χ3v) is 6.04. The lowest BCUT2D eigenvalue weighted by Crippen LogP contribution is -2.30. The summed E-state index contributed by atoms with van der Waals surface area (Å²) in [5, 5.41) is 4.22. The Hall–Kier alpha value is -3.24. The molecule has 0 atom stereocenters. The number of amides is 1. The number of anilines is 1. The number of carbonyl (C=O) groups is 1. The number of pyridine rings is 1. The summed E-state index contributed by atoms with van der Waals surface area (Å²) in [6, 6.07) is 11.7. The molecule has 3 aromatic rings. The highest BCUT2D eigenvalue weighted by Crippen LogP contribution is 2.22. The smallest absolute Gasteiger partial charge is 0.273 e. The second-order valence-corrected chi connectivity index (χ2v) is 8.46. The van der Waals surface area contributed by atoms with Gasteiger partial charge >= 0.3 is 0 Å². The first-order chi connectivity index (χ1) is 13.9. The average Bonchev–Trinajstić information content (AvgIpc) is 3.44. The van der Waals surface area contributed by atoms with Gasteiger partial charge in [-0.05, 0) is 56.2 Å². The summed E-state index contributed by atoms with van der Waals surface area (Å²) in [5.41, 5.74) is 6.98. The van der Waals surface area contributed by atoms with Crippen molar-refractivity contribution in [2.45, 2.75) is 30.7 Å². The van der Waals surface area contributed by atoms with Gasteiger partial charge in [-0.25, -0.2) is 22.8 Å². The topological polar surface area (TPSA) is 118 Å². The highest BCUT2D eigenvalue weighted by atomic mass is 32.2. The molecule has 150 valence electrons. The van der Waals surface area contributed by atoms with Gasteiger partial charge in [0, 0.05) is 12.2 Å². The molecule has 29 heavy (non-hydrogen) atoms. The minimum Gasteiger partial charge on any atom is -0.298 e. The molecule has 0 radical (unpaired) electrons. The molecule has 0 aliphatic heterocycles. The molecule has 2 aromatic heterocycles. The Kier molecular flexibility index (Phi) is 5.03. The summed E-state index contributed by atoms with van der Waals surface area (Å²) in [7, 11) is -3.50. The minimum atomic E-state index is -3.50. The van der Waals surface area contributed by atoms with E-state index in [9.17, 15) is 13.2 Å². The maximum atomic E-state index is 12.5. The Morgan fingerprint density at radius 3 is 2.55 bits per heavy atom. The van der Waals surface area contributed by atoms with Crippen molar-refractivity contribution >= 4 is 21.6 Å². The molecule has 0 unspecified atom stereocenters. The highest BCUT2D eigenvalue weighted by Gasteiger charge is 2.27. The zero-order valence-corrected chi connectivity index (χ0v) is 16.5. The lowest BCUT2D eigenvalue weighted by Gasteiger charge is -2.10. The van der Waals surface area contributed by atoms with Gasteiger partial charge in [0.1, 0.15) is 0 Å². The Morgan fingerprint density at radius 2 is 1.90 bits per heavy atom. The first kappa shape index (κ1) is 19.1. The van der Waals surface area contributed by atoms with E-state index in [1.807, 2.05) is 6.07 Å². The van der Waals surface area contributed by atoms with Crippen molar-refractivity contribution in [2.24, 2.45) is 0 Å². The zero-order valence-electron chi connectivity index (χ0n) is 15.7. The van der Waals surface area contributed by atoms with Crippen molar-refractivity contribution in [1.29, 1.82) is 0 Å². The first-order valence-corrected chi connectivity index (χ1v) is 10.6. The van der Waals surface area contributed by atoms with Crippen LogP contribution in [0.25, 0.3) is 5.82 Å². The lowest BCUT2D eigenvalue weighted by atomic mass is 10.2. The quantitative estimate of drug-likeness (QED) is 0.509. The lowest BCUT2D eigenvalue weighted by molar-refractivity contribution is 0.0962. The van der Waals surface area contributed by atoms with Crippen molar-refractivity contribution < 1.29 is 13.2 Å². The summed E-state index contributed by atoms with van der Waals surface area (Å²) in [5.74, 6) is 0.255. The van der Waals surface area contributed by atoms with Crippen LogP contribution in [0.1, 0.15) is 28.9 Å². The van der Waals surface area contributed by atoms with E-state index in [-0.39, 0.29) is 16.8 Å². The molecule has 9 nitrogen and oxygen atoms in total. The molecule has 0 bridgehead atoms. The van der Waals surface area contributed by atoms with Gasteiger partial charge in [-0.2, -0.15) is 5.10 Å².